The topological polar surface area (TPSA) is 106 Å². The molecule has 0 unspecified atom stereocenters. The predicted octanol–water partition coefficient (Wildman–Crippen LogP) is 2.79. The summed E-state index contributed by atoms with van der Waals surface area (Å²) in [5.41, 5.74) is -0.617. The molecule has 0 bridgehead atoms. The van der Waals surface area contributed by atoms with Gasteiger partial charge in [0.25, 0.3) is 5.91 Å². The van der Waals surface area contributed by atoms with Gasteiger partial charge in [-0.2, -0.15) is 0 Å². The average molecular weight is 434 g/mol. The largest absolute Gasteiger partial charge is 0.493 e. The van der Waals surface area contributed by atoms with Crippen LogP contribution in [0.1, 0.15) is 40.0 Å². The maximum atomic E-state index is 13.2. The molecule has 2 atom stereocenters. The normalized spacial score (nSPS) is 24.7. The lowest BCUT2D eigenvalue weighted by Crippen LogP contribution is -2.54. The molecule has 1 heterocycles. The highest BCUT2D eigenvalue weighted by Crippen LogP contribution is 2.46. The van der Waals surface area contributed by atoms with Crippen molar-refractivity contribution in [3.05, 3.63) is 12.1 Å². The van der Waals surface area contributed by atoms with Crippen LogP contribution in [0.25, 0.3) is 0 Å². The van der Waals surface area contributed by atoms with E-state index in [1.807, 2.05) is 0 Å². The zero-order valence-electron chi connectivity index (χ0n) is 19.0. The van der Waals surface area contributed by atoms with Gasteiger partial charge in [0.15, 0.2) is 11.5 Å². The zero-order chi connectivity index (χ0) is 23.0. The summed E-state index contributed by atoms with van der Waals surface area (Å²) in [4.78, 5) is 39.5. The van der Waals surface area contributed by atoms with Crippen molar-refractivity contribution in [3.8, 4) is 17.2 Å². The minimum absolute atomic E-state index is 0.0743. The van der Waals surface area contributed by atoms with Gasteiger partial charge < -0.3 is 24.8 Å². The number of amides is 4. The van der Waals surface area contributed by atoms with Crippen LogP contribution < -0.4 is 24.8 Å². The second-order valence-electron chi connectivity index (χ2n) is 9.22. The SMILES string of the molecule is COc1cc(NC(=O)CN2C(=O)N[C@]3(C[C@@H](C)CC(C)(C)C3)C2=O)cc(OC)c1OC. The van der Waals surface area contributed by atoms with Crippen LogP contribution in [-0.2, 0) is 9.59 Å². The lowest BCUT2D eigenvalue weighted by molar-refractivity contribution is -0.136. The van der Waals surface area contributed by atoms with Crippen LogP contribution in [0.3, 0.4) is 0 Å². The van der Waals surface area contributed by atoms with E-state index in [0.717, 1.165) is 11.3 Å². The number of ether oxygens (including phenoxy) is 3. The van der Waals surface area contributed by atoms with Crippen molar-refractivity contribution >= 4 is 23.5 Å². The van der Waals surface area contributed by atoms with Crippen LogP contribution in [0.15, 0.2) is 12.1 Å². The Balaban J connectivity index is 1.75. The summed E-state index contributed by atoms with van der Waals surface area (Å²) in [7, 11) is 4.43. The quantitative estimate of drug-likeness (QED) is 0.668. The van der Waals surface area contributed by atoms with Gasteiger partial charge in [0, 0.05) is 17.8 Å². The lowest BCUT2D eigenvalue weighted by Gasteiger charge is -2.43. The smallest absolute Gasteiger partial charge is 0.325 e. The number of carbonyl (C=O) groups is 3. The summed E-state index contributed by atoms with van der Waals surface area (Å²) in [5.74, 6) is 0.609. The van der Waals surface area contributed by atoms with Gasteiger partial charge in [0.05, 0.1) is 21.3 Å². The summed E-state index contributed by atoms with van der Waals surface area (Å²) in [5, 5.41) is 5.58. The van der Waals surface area contributed by atoms with Gasteiger partial charge >= 0.3 is 6.03 Å². The summed E-state index contributed by atoms with van der Waals surface area (Å²) in [6, 6.07) is 2.63. The fourth-order valence-corrected chi connectivity index (χ4v) is 5.15. The van der Waals surface area contributed by atoms with Gasteiger partial charge in [-0.15, -0.1) is 0 Å². The fourth-order valence-electron chi connectivity index (χ4n) is 5.15. The first kappa shape index (κ1) is 22.7. The highest BCUT2D eigenvalue weighted by molar-refractivity contribution is 6.10. The van der Waals surface area contributed by atoms with Crippen molar-refractivity contribution in [3.63, 3.8) is 0 Å². The van der Waals surface area contributed by atoms with Crippen LogP contribution in [0.5, 0.6) is 17.2 Å². The van der Waals surface area contributed by atoms with Crippen LogP contribution >= 0.6 is 0 Å². The number of rotatable bonds is 6. The number of hydrogen-bond acceptors (Lipinski definition) is 6. The van der Waals surface area contributed by atoms with Gasteiger partial charge in [-0.05, 0) is 30.6 Å². The molecule has 1 aromatic rings. The molecular weight excluding hydrogens is 402 g/mol. The first-order chi connectivity index (χ1) is 14.5. The van der Waals surface area contributed by atoms with Gasteiger partial charge in [-0.1, -0.05) is 20.8 Å². The first-order valence-corrected chi connectivity index (χ1v) is 10.3. The van der Waals surface area contributed by atoms with E-state index in [0.29, 0.717) is 41.7 Å². The number of imide groups is 1. The summed E-state index contributed by atoms with van der Waals surface area (Å²) >= 11 is 0. The molecule has 1 aliphatic heterocycles. The van der Waals surface area contributed by atoms with Gasteiger partial charge in [0.1, 0.15) is 12.1 Å². The molecular formula is C22H31N3O6. The molecule has 3 rings (SSSR count). The Hall–Kier alpha value is -2.97. The maximum absolute atomic E-state index is 13.2. The number of nitrogens with one attached hydrogen (secondary N) is 2. The number of anilines is 1. The Labute approximate surface area is 182 Å². The molecule has 4 amide bonds. The predicted molar refractivity (Wildman–Crippen MR) is 114 cm³/mol. The lowest BCUT2D eigenvalue weighted by atomic mass is 9.64. The third-order valence-electron chi connectivity index (χ3n) is 5.87. The highest BCUT2D eigenvalue weighted by Gasteiger charge is 2.56. The van der Waals surface area contributed by atoms with Gasteiger partial charge in [-0.25, -0.2) is 4.79 Å². The van der Waals surface area contributed by atoms with Crippen molar-refractivity contribution in [2.45, 2.75) is 45.6 Å². The second kappa shape index (κ2) is 8.28. The zero-order valence-corrected chi connectivity index (χ0v) is 19.0. The number of methoxy groups -OCH3 is 3. The van der Waals surface area contributed by atoms with Crippen molar-refractivity contribution < 1.29 is 28.6 Å². The molecule has 0 radical (unpaired) electrons. The van der Waals surface area contributed by atoms with E-state index in [1.54, 1.807) is 12.1 Å². The number of hydrogen-bond donors (Lipinski definition) is 2. The molecule has 1 saturated carbocycles. The molecule has 0 aromatic heterocycles. The van der Waals surface area contributed by atoms with E-state index >= 15 is 0 Å². The Bertz CT molecular complexity index is 874. The molecule has 1 saturated heterocycles. The van der Waals surface area contributed by atoms with Crippen LogP contribution in [0.4, 0.5) is 10.5 Å². The molecule has 170 valence electrons. The van der Waals surface area contributed by atoms with E-state index in [1.165, 1.54) is 21.3 Å². The molecule has 2 N–H and O–H groups in total. The third-order valence-corrected chi connectivity index (χ3v) is 5.87. The summed E-state index contributed by atoms with van der Waals surface area (Å²) in [6.07, 6.45) is 2.12. The Morgan fingerprint density at radius 2 is 1.74 bits per heavy atom. The average Bonchev–Trinajstić information content (AvgIpc) is 2.88. The number of carbonyl (C=O) groups excluding carboxylic acids is 3. The van der Waals surface area contributed by atoms with E-state index in [9.17, 15) is 14.4 Å². The fraction of sp³-hybridized carbons (Fsp3) is 0.591. The van der Waals surface area contributed by atoms with Crippen molar-refractivity contribution in [2.75, 3.05) is 33.2 Å². The van der Waals surface area contributed by atoms with E-state index in [2.05, 4.69) is 31.4 Å². The van der Waals surface area contributed by atoms with Crippen LogP contribution in [0, 0.1) is 11.3 Å². The molecule has 1 spiro atoms. The van der Waals surface area contributed by atoms with Crippen molar-refractivity contribution in [1.82, 2.24) is 10.2 Å². The number of urea groups is 1. The molecule has 1 aliphatic carbocycles. The highest BCUT2D eigenvalue weighted by atomic mass is 16.5. The monoisotopic (exact) mass is 433 g/mol. The number of nitrogens with zero attached hydrogens (tertiary/aromatic N) is 1. The molecule has 2 fully saturated rings. The summed E-state index contributed by atoms with van der Waals surface area (Å²) < 4.78 is 15.9. The minimum atomic E-state index is -0.939. The third kappa shape index (κ3) is 4.40. The maximum Gasteiger partial charge on any atom is 0.325 e. The first-order valence-electron chi connectivity index (χ1n) is 10.3. The molecule has 2 aliphatic rings. The standard InChI is InChI=1S/C22H31N3O6/c1-13-9-21(2,3)12-22(10-13)19(27)25(20(28)24-22)11-17(26)23-14-7-15(29-4)18(31-6)16(8-14)30-5/h7-8,13H,9-12H2,1-6H3,(H,23,26)(H,24,28)/t13-,22-/m0/s1. The molecule has 1 aromatic carbocycles. The molecule has 9 heteroatoms. The second-order valence-corrected chi connectivity index (χ2v) is 9.22. The van der Waals surface area contributed by atoms with Crippen molar-refractivity contribution in [1.29, 1.82) is 0 Å². The summed E-state index contributed by atoms with van der Waals surface area (Å²) in [6.45, 7) is 5.91. The Morgan fingerprint density at radius 3 is 2.26 bits per heavy atom. The Morgan fingerprint density at radius 1 is 1.13 bits per heavy atom. The van der Waals surface area contributed by atoms with Gasteiger partial charge in [-0.3, -0.25) is 14.5 Å². The minimum Gasteiger partial charge on any atom is -0.493 e. The molecule has 31 heavy (non-hydrogen) atoms. The van der Waals surface area contributed by atoms with E-state index in [4.69, 9.17) is 14.2 Å². The van der Waals surface area contributed by atoms with E-state index < -0.39 is 17.5 Å². The van der Waals surface area contributed by atoms with Crippen LogP contribution in [0.2, 0.25) is 0 Å². The van der Waals surface area contributed by atoms with Crippen molar-refractivity contribution in [2.24, 2.45) is 11.3 Å². The van der Waals surface area contributed by atoms with E-state index in [-0.39, 0.29) is 17.9 Å². The van der Waals surface area contributed by atoms with Crippen LogP contribution in [-0.4, -0.2) is 56.2 Å². The number of benzene rings is 1. The van der Waals surface area contributed by atoms with Gasteiger partial charge in [0.2, 0.25) is 11.7 Å². The molecule has 9 nitrogen and oxygen atoms in total. The Kier molecular flexibility index (Phi) is 6.07.